The van der Waals surface area contributed by atoms with Crippen molar-refractivity contribution in [1.82, 2.24) is 45.5 Å². The number of aliphatic hydroxyl groups excluding tert-OH is 1. The number of carbonyl (C=O) groups is 4. The first-order chi connectivity index (χ1) is 32.3. The first kappa shape index (κ1) is 47.9. The summed E-state index contributed by atoms with van der Waals surface area (Å²) < 4.78 is 54.8. The molecule has 0 spiro atoms. The minimum absolute atomic E-state index is 0.0330. The van der Waals surface area contributed by atoms with E-state index < -0.39 is 58.8 Å². The van der Waals surface area contributed by atoms with Gasteiger partial charge in [-0.15, -0.1) is 11.3 Å². The molecule has 0 bridgehead atoms. The van der Waals surface area contributed by atoms with Crippen LogP contribution in [-0.2, 0) is 43.6 Å². The second kappa shape index (κ2) is 19.2. The van der Waals surface area contributed by atoms with Crippen LogP contribution in [0.2, 0.25) is 0 Å². The van der Waals surface area contributed by atoms with Crippen LogP contribution < -0.4 is 21.3 Å². The van der Waals surface area contributed by atoms with Gasteiger partial charge in [-0.3, -0.25) is 28.4 Å². The molecule has 6 aromatic rings. The van der Waals surface area contributed by atoms with Crippen LogP contribution in [0, 0.1) is 12.3 Å². The third-order valence-electron chi connectivity index (χ3n) is 12.0. The largest absolute Gasteiger partial charge is 0.416 e. The number of aromatic nitrogens is 4. The number of likely N-dealkylation sites (tertiary alicyclic amines) is 1. The number of halogens is 3. The molecule has 0 saturated carbocycles. The van der Waals surface area contributed by atoms with Gasteiger partial charge in [0.05, 0.1) is 53.1 Å². The molecule has 2 aliphatic rings. The van der Waals surface area contributed by atoms with Gasteiger partial charge < -0.3 is 40.7 Å². The van der Waals surface area contributed by atoms with Crippen LogP contribution in [0.15, 0.2) is 90.7 Å². The molecule has 3 aromatic carbocycles. The van der Waals surface area contributed by atoms with Crippen molar-refractivity contribution < 1.29 is 46.9 Å². The first-order valence-electron chi connectivity index (χ1n) is 22.0. The van der Waals surface area contributed by atoms with Gasteiger partial charge in [0.1, 0.15) is 12.1 Å². The van der Waals surface area contributed by atoms with Crippen molar-refractivity contribution in [3.05, 3.63) is 113 Å². The van der Waals surface area contributed by atoms with E-state index >= 15 is 0 Å². The highest BCUT2D eigenvalue weighted by Crippen LogP contribution is 2.35. The first-order valence-corrected chi connectivity index (χ1v) is 22.9. The van der Waals surface area contributed by atoms with Gasteiger partial charge >= 0.3 is 6.18 Å². The fourth-order valence-corrected chi connectivity index (χ4v) is 9.16. The summed E-state index contributed by atoms with van der Waals surface area (Å²) in [5.41, 5.74) is 3.50. The molecule has 20 heteroatoms. The van der Waals surface area contributed by atoms with Crippen LogP contribution in [0.5, 0.6) is 0 Å². The monoisotopic (exact) mass is 955 g/mol. The van der Waals surface area contributed by atoms with Crippen molar-refractivity contribution in [3.63, 3.8) is 0 Å². The fraction of sp³-hybridized carbons (Fsp3) is 0.375. The molecule has 8 rings (SSSR count). The molecule has 1 saturated heterocycles. The van der Waals surface area contributed by atoms with E-state index in [9.17, 15) is 37.5 Å². The number of hydrogen-bond donors (Lipinski definition) is 5. The van der Waals surface area contributed by atoms with E-state index in [-0.39, 0.29) is 51.8 Å². The minimum Gasteiger partial charge on any atom is -0.391 e. The van der Waals surface area contributed by atoms with Gasteiger partial charge in [-0.2, -0.15) is 18.3 Å². The van der Waals surface area contributed by atoms with Crippen LogP contribution in [0.3, 0.4) is 0 Å². The highest BCUT2D eigenvalue weighted by Gasteiger charge is 2.48. The predicted octanol–water partition coefficient (Wildman–Crippen LogP) is 5.35. The van der Waals surface area contributed by atoms with E-state index in [1.54, 1.807) is 78.3 Å². The smallest absolute Gasteiger partial charge is 0.391 e. The van der Waals surface area contributed by atoms with E-state index in [4.69, 9.17) is 9.47 Å². The number of fused-ring (bicyclic) bond motifs is 3. The van der Waals surface area contributed by atoms with Crippen molar-refractivity contribution >= 4 is 56.9 Å². The Morgan fingerprint density at radius 3 is 2.37 bits per heavy atom. The lowest BCUT2D eigenvalue weighted by atomic mass is 9.85. The Morgan fingerprint density at radius 1 is 0.985 bits per heavy atom. The van der Waals surface area contributed by atoms with Gasteiger partial charge in [-0.1, -0.05) is 45.0 Å². The number of ether oxygens (including phenoxy) is 2. The van der Waals surface area contributed by atoms with Crippen LogP contribution in [0.25, 0.3) is 38.1 Å². The van der Waals surface area contributed by atoms with Gasteiger partial charge in [0.2, 0.25) is 17.5 Å². The summed E-state index contributed by atoms with van der Waals surface area (Å²) in [5, 5.41) is 28.1. The molecule has 3 aromatic heterocycles. The Hall–Kier alpha value is -6.61. The maximum atomic E-state index is 14.2. The van der Waals surface area contributed by atoms with Crippen LogP contribution in [-0.4, -0.2) is 110 Å². The molecule has 68 heavy (non-hydrogen) atoms. The number of thiazole rings is 1. The molecule has 4 atom stereocenters. The number of β-amino-alcohol motifs (C(OH)–C–C–N with tert-alkyl or cyclic N) is 1. The Balaban J connectivity index is 0.818. The Morgan fingerprint density at radius 2 is 1.72 bits per heavy atom. The SMILES string of the molecule is Cc1ncsc1-c1ccc(CNC(=O)[C@@H]2C[C@@H](O)CN2C(=O)C(NC(=O)C2(OCCOCCNC(=O)c3ccc4c(c3)c3cn(C)nc3n4-c3ccc(C(F)(F)F)cc3)C=CN2)C(C)(C)C)cc1. The third kappa shape index (κ3) is 9.99. The lowest BCUT2D eigenvalue weighted by molar-refractivity contribution is -0.154. The fourth-order valence-electron chi connectivity index (χ4n) is 8.35. The van der Waals surface area contributed by atoms with Crippen molar-refractivity contribution in [3.8, 4) is 16.1 Å². The number of aryl methyl sites for hydroxylation is 2. The number of rotatable bonds is 16. The van der Waals surface area contributed by atoms with Gasteiger partial charge in [0.25, 0.3) is 11.8 Å². The average molecular weight is 956 g/mol. The number of nitrogens with zero attached hydrogens (tertiary/aromatic N) is 5. The summed E-state index contributed by atoms with van der Waals surface area (Å²) in [5.74, 6) is -1.93. The normalized spacial score (nSPS) is 18.6. The number of nitrogens with one attached hydrogen (secondary N) is 4. The van der Waals surface area contributed by atoms with Gasteiger partial charge in [-0.25, -0.2) is 4.98 Å². The molecule has 0 aliphatic carbocycles. The standard InChI is InChI=1S/C48H52F3N9O7S/c1-28-39(68-27-54-28)30-8-6-29(7-9-30)24-53-43(63)38-23-34(61)25-59(38)44(64)40(46(2,3)4)56-45(65)47(16-17-55-47)67-21-20-66-19-18-52-42(62)31-10-15-37-35(22-31)36-26-58(5)57-41(36)60(37)33-13-11-32(12-14-33)48(49,50)51/h6-17,22,26-27,34,38,40,55,61H,18-21,23-25H2,1-5H3,(H,52,62)(H,53,63)(H,56,65)/t34-,38+,40?,47?/m1/s1. The lowest BCUT2D eigenvalue weighted by Crippen LogP contribution is -2.66. The molecular formula is C48H52F3N9O7S. The lowest BCUT2D eigenvalue weighted by Gasteiger charge is -2.40. The summed E-state index contributed by atoms with van der Waals surface area (Å²) in [6, 6.07) is 15.6. The predicted molar refractivity (Wildman–Crippen MR) is 248 cm³/mol. The molecule has 4 amide bonds. The summed E-state index contributed by atoms with van der Waals surface area (Å²) in [7, 11) is 1.74. The number of aliphatic hydroxyl groups is 1. The molecule has 5 heterocycles. The quantitative estimate of drug-likeness (QED) is 0.0790. The van der Waals surface area contributed by atoms with Gasteiger partial charge in [-0.05, 0) is 72.0 Å². The zero-order valence-corrected chi connectivity index (χ0v) is 38.8. The van der Waals surface area contributed by atoms with Crippen molar-refractivity contribution in [2.75, 3.05) is 32.9 Å². The maximum Gasteiger partial charge on any atom is 0.416 e. The molecule has 16 nitrogen and oxygen atoms in total. The third-order valence-corrected chi connectivity index (χ3v) is 13.0. The van der Waals surface area contributed by atoms with Crippen molar-refractivity contribution in [2.45, 2.75) is 70.7 Å². The maximum absolute atomic E-state index is 14.2. The molecule has 2 unspecified atom stereocenters. The molecule has 1 fully saturated rings. The number of amides is 4. The summed E-state index contributed by atoms with van der Waals surface area (Å²) >= 11 is 1.55. The summed E-state index contributed by atoms with van der Waals surface area (Å²) in [4.78, 5) is 61.5. The van der Waals surface area contributed by atoms with E-state index in [0.717, 1.165) is 39.2 Å². The van der Waals surface area contributed by atoms with E-state index in [0.29, 0.717) is 27.8 Å². The molecule has 0 radical (unpaired) electrons. The van der Waals surface area contributed by atoms with Crippen LogP contribution in [0.1, 0.15) is 54.4 Å². The summed E-state index contributed by atoms with van der Waals surface area (Å²) in [6.45, 7) is 7.76. The molecular weight excluding hydrogens is 904 g/mol. The number of benzene rings is 3. The van der Waals surface area contributed by atoms with Crippen LogP contribution in [0.4, 0.5) is 13.2 Å². The highest BCUT2D eigenvalue weighted by atomic mass is 32.1. The number of carbonyl (C=O) groups excluding carboxylic acids is 4. The van der Waals surface area contributed by atoms with E-state index in [2.05, 4.69) is 31.3 Å². The molecule has 358 valence electrons. The van der Waals surface area contributed by atoms with Gasteiger partial charge in [0.15, 0.2) is 5.65 Å². The number of hydrogen-bond acceptors (Lipinski definition) is 11. The molecule has 2 aliphatic heterocycles. The zero-order valence-electron chi connectivity index (χ0n) is 38.0. The summed E-state index contributed by atoms with van der Waals surface area (Å²) in [6.07, 6.45) is -0.520. The minimum atomic E-state index is -4.47. The zero-order chi connectivity index (χ0) is 48.5. The second-order valence-corrected chi connectivity index (χ2v) is 18.8. The second-order valence-electron chi connectivity index (χ2n) is 17.9. The van der Waals surface area contributed by atoms with Crippen LogP contribution >= 0.6 is 11.3 Å². The molecule has 5 N–H and O–H groups in total. The Kier molecular flexibility index (Phi) is 13.5. The Bertz CT molecular complexity index is 2870. The van der Waals surface area contributed by atoms with Crippen molar-refractivity contribution in [2.24, 2.45) is 12.5 Å². The highest BCUT2D eigenvalue weighted by molar-refractivity contribution is 7.13. The van der Waals surface area contributed by atoms with E-state index in [1.165, 1.54) is 29.3 Å². The topological polar surface area (TPSA) is 194 Å². The van der Waals surface area contributed by atoms with E-state index in [1.807, 2.05) is 31.2 Å². The van der Waals surface area contributed by atoms with Gasteiger partial charge in [0, 0.05) is 67.5 Å². The van der Waals surface area contributed by atoms with Crippen molar-refractivity contribution in [1.29, 1.82) is 0 Å². The number of alkyl halides is 3. The average Bonchev–Trinajstić information content (AvgIpc) is 4.06. The Labute approximate surface area is 393 Å².